The molecule has 2 N–H and O–H groups in total. The molecule has 1 saturated heterocycles. The molecule has 3 aromatic rings. The van der Waals surface area contributed by atoms with Crippen LogP contribution in [0.1, 0.15) is 0 Å². The summed E-state index contributed by atoms with van der Waals surface area (Å²) < 4.78 is 27.3. The molecule has 0 unspecified atom stereocenters. The van der Waals surface area contributed by atoms with E-state index in [2.05, 4.69) is 39.8 Å². The molecule has 2 aromatic heterocycles. The van der Waals surface area contributed by atoms with Gasteiger partial charge in [-0.1, -0.05) is 0 Å². The molecule has 31 heavy (non-hydrogen) atoms. The Kier molecular flexibility index (Phi) is 6.18. The maximum atomic E-state index is 12.5. The van der Waals surface area contributed by atoms with E-state index in [-0.39, 0.29) is 10.8 Å². The highest BCUT2D eigenvalue weighted by molar-refractivity contribution is 7.92. The van der Waals surface area contributed by atoms with Crippen molar-refractivity contribution in [2.45, 2.75) is 4.90 Å². The second-order valence-electron chi connectivity index (χ2n) is 6.66. The molecule has 3 heterocycles. The maximum absolute atomic E-state index is 12.5. The number of piperazine rings is 1. The Morgan fingerprint density at radius 1 is 0.871 bits per heavy atom. The lowest BCUT2D eigenvalue weighted by molar-refractivity contribution is 0.388. The van der Waals surface area contributed by atoms with Crippen LogP contribution in [0.3, 0.4) is 0 Å². The van der Waals surface area contributed by atoms with E-state index in [0.717, 1.165) is 26.2 Å². The van der Waals surface area contributed by atoms with Gasteiger partial charge in [0.05, 0.1) is 4.90 Å². The largest absolute Gasteiger partial charge is 0.345 e. The Balaban J connectivity index is 1.33. The number of aromatic nitrogens is 4. The van der Waals surface area contributed by atoms with E-state index in [1.54, 1.807) is 36.7 Å². The molecule has 0 aliphatic carbocycles. The summed E-state index contributed by atoms with van der Waals surface area (Å²) in [5.41, 5.74) is 0.703. The first-order valence-corrected chi connectivity index (χ1v) is 11.4. The van der Waals surface area contributed by atoms with Gasteiger partial charge in [0.15, 0.2) is 5.11 Å². The summed E-state index contributed by atoms with van der Waals surface area (Å²) >= 11 is 5.52. The topological polar surface area (TPSA) is 116 Å². The highest BCUT2D eigenvalue weighted by atomic mass is 32.2. The number of benzene rings is 1. The molecule has 0 radical (unpaired) electrons. The van der Waals surface area contributed by atoms with E-state index in [9.17, 15) is 8.42 Å². The second kappa shape index (κ2) is 9.18. The van der Waals surface area contributed by atoms with Crippen LogP contribution in [0.4, 0.5) is 17.6 Å². The van der Waals surface area contributed by atoms with E-state index >= 15 is 0 Å². The highest BCUT2D eigenvalue weighted by Crippen LogP contribution is 2.17. The van der Waals surface area contributed by atoms with Crippen molar-refractivity contribution < 1.29 is 8.42 Å². The van der Waals surface area contributed by atoms with E-state index < -0.39 is 10.0 Å². The van der Waals surface area contributed by atoms with Crippen molar-refractivity contribution in [1.82, 2.24) is 24.8 Å². The van der Waals surface area contributed by atoms with E-state index in [0.29, 0.717) is 16.7 Å². The number of anilines is 3. The van der Waals surface area contributed by atoms with Crippen LogP contribution in [0.2, 0.25) is 0 Å². The Morgan fingerprint density at radius 3 is 2.06 bits per heavy atom. The molecule has 1 fully saturated rings. The van der Waals surface area contributed by atoms with Crippen molar-refractivity contribution in [2.24, 2.45) is 0 Å². The average molecular weight is 457 g/mol. The summed E-state index contributed by atoms with van der Waals surface area (Å²) in [6.45, 7) is 2.99. The normalized spacial score (nSPS) is 14.2. The molecular formula is C19H20N8O2S2. The Hall–Kier alpha value is -3.38. The third-order valence-electron chi connectivity index (χ3n) is 4.61. The first-order chi connectivity index (χ1) is 15.0. The predicted molar refractivity (Wildman–Crippen MR) is 121 cm³/mol. The standard InChI is InChI=1S/C19H20N8O2S2/c28-31(29,25-17-20-7-1-8-21-17)16-5-3-15(4-6-16)24-19(30)27-13-11-26(12-14-27)18-22-9-2-10-23-18/h1-10H,11-14H2,(H,24,30)(H,20,21,25). The van der Waals surface area contributed by atoms with E-state index in [1.807, 2.05) is 0 Å². The molecule has 12 heteroatoms. The summed E-state index contributed by atoms with van der Waals surface area (Å²) in [7, 11) is -3.77. The highest BCUT2D eigenvalue weighted by Gasteiger charge is 2.21. The van der Waals surface area contributed by atoms with Crippen LogP contribution in [-0.4, -0.2) is 64.5 Å². The van der Waals surface area contributed by atoms with Crippen LogP contribution in [0.5, 0.6) is 0 Å². The number of rotatable bonds is 5. The van der Waals surface area contributed by atoms with Gasteiger partial charge in [0.1, 0.15) is 0 Å². The van der Waals surface area contributed by atoms with Crippen molar-refractivity contribution in [3.05, 3.63) is 61.2 Å². The lowest BCUT2D eigenvalue weighted by atomic mass is 10.3. The van der Waals surface area contributed by atoms with Gasteiger partial charge in [-0.15, -0.1) is 0 Å². The van der Waals surface area contributed by atoms with Gasteiger partial charge in [0.2, 0.25) is 11.9 Å². The fourth-order valence-electron chi connectivity index (χ4n) is 3.01. The first kappa shape index (κ1) is 20.9. The van der Waals surface area contributed by atoms with E-state index in [1.165, 1.54) is 24.5 Å². The summed E-state index contributed by atoms with van der Waals surface area (Å²) in [5.74, 6) is 0.735. The molecule has 4 rings (SSSR count). The summed E-state index contributed by atoms with van der Waals surface area (Å²) in [5, 5.41) is 3.75. The van der Waals surface area contributed by atoms with Gasteiger partial charge in [-0.25, -0.2) is 33.1 Å². The van der Waals surface area contributed by atoms with Crippen LogP contribution >= 0.6 is 12.2 Å². The molecule has 0 saturated carbocycles. The number of sulfonamides is 1. The fraction of sp³-hybridized carbons (Fsp3) is 0.211. The molecular weight excluding hydrogens is 436 g/mol. The van der Waals surface area contributed by atoms with Crippen molar-refractivity contribution in [2.75, 3.05) is 41.1 Å². The minimum atomic E-state index is -3.77. The van der Waals surface area contributed by atoms with E-state index in [4.69, 9.17) is 12.2 Å². The van der Waals surface area contributed by atoms with Crippen molar-refractivity contribution >= 4 is 44.9 Å². The Labute approximate surface area is 185 Å². The Bertz CT molecular complexity index is 1120. The molecule has 10 nitrogen and oxygen atoms in total. The van der Waals surface area contributed by atoms with Gasteiger partial charge >= 0.3 is 0 Å². The van der Waals surface area contributed by atoms with Gasteiger partial charge in [-0.2, -0.15) is 0 Å². The van der Waals surface area contributed by atoms with Gasteiger partial charge in [-0.05, 0) is 48.6 Å². The smallest absolute Gasteiger partial charge is 0.264 e. The van der Waals surface area contributed by atoms with Gasteiger partial charge < -0.3 is 15.1 Å². The third kappa shape index (κ3) is 5.22. The molecule has 1 aromatic carbocycles. The maximum Gasteiger partial charge on any atom is 0.264 e. The Morgan fingerprint density at radius 2 is 1.45 bits per heavy atom. The second-order valence-corrected chi connectivity index (χ2v) is 8.72. The van der Waals surface area contributed by atoms with Crippen LogP contribution in [0.15, 0.2) is 66.1 Å². The number of nitrogens with one attached hydrogen (secondary N) is 2. The average Bonchev–Trinajstić information content (AvgIpc) is 2.80. The molecule has 1 aliphatic rings. The number of thiocarbonyl (C=S) groups is 1. The van der Waals surface area contributed by atoms with Gasteiger partial charge in [0, 0.05) is 56.7 Å². The van der Waals surface area contributed by atoms with Crippen LogP contribution in [0.25, 0.3) is 0 Å². The quantitative estimate of drug-likeness (QED) is 0.548. The third-order valence-corrected chi connectivity index (χ3v) is 6.31. The SMILES string of the molecule is O=S(=O)(Nc1ncccn1)c1ccc(NC(=S)N2CCN(c3ncccn3)CC2)cc1. The molecule has 0 bridgehead atoms. The number of hydrogen-bond donors (Lipinski definition) is 2. The predicted octanol–water partition coefficient (Wildman–Crippen LogP) is 1.59. The van der Waals surface area contributed by atoms with Crippen molar-refractivity contribution in [3.8, 4) is 0 Å². The fourth-order valence-corrected chi connectivity index (χ4v) is 4.27. The van der Waals surface area contributed by atoms with Gasteiger partial charge in [0.25, 0.3) is 10.0 Å². The van der Waals surface area contributed by atoms with Crippen LogP contribution in [0, 0.1) is 0 Å². The zero-order valence-corrected chi connectivity index (χ0v) is 18.1. The summed E-state index contributed by atoms with van der Waals surface area (Å²) in [6.07, 6.45) is 6.39. The number of nitrogens with zero attached hydrogens (tertiary/aromatic N) is 6. The van der Waals surface area contributed by atoms with Crippen molar-refractivity contribution in [1.29, 1.82) is 0 Å². The molecule has 0 atom stereocenters. The van der Waals surface area contributed by atoms with Gasteiger partial charge in [-0.3, -0.25) is 0 Å². The van der Waals surface area contributed by atoms with Crippen molar-refractivity contribution in [3.63, 3.8) is 0 Å². The minimum Gasteiger partial charge on any atom is -0.345 e. The molecule has 0 amide bonds. The summed E-state index contributed by atoms with van der Waals surface area (Å²) in [6, 6.07) is 9.74. The lowest BCUT2D eigenvalue weighted by Gasteiger charge is -2.36. The lowest BCUT2D eigenvalue weighted by Crippen LogP contribution is -2.50. The minimum absolute atomic E-state index is 0.0194. The first-order valence-electron chi connectivity index (χ1n) is 9.49. The molecule has 160 valence electrons. The summed E-state index contributed by atoms with van der Waals surface area (Å²) in [4.78, 5) is 20.6. The molecule has 1 aliphatic heterocycles. The zero-order chi connectivity index (χ0) is 21.7. The monoisotopic (exact) mass is 456 g/mol. The van der Waals surface area contributed by atoms with Crippen LogP contribution in [-0.2, 0) is 10.0 Å². The van der Waals surface area contributed by atoms with Crippen LogP contribution < -0.4 is 14.9 Å². The zero-order valence-electron chi connectivity index (χ0n) is 16.4. The number of hydrogen-bond acceptors (Lipinski definition) is 8. The molecule has 0 spiro atoms.